The van der Waals surface area contributed by atoms with Crippen LogP contribution in [0.5, 0.6) is 5.75 Å². The van der Waals surface area contributed by atoms with E-state index in [1.165, 1.54) is 11.9 Å². The second-order valence-corrected chi connectivity index (χ2v) is 8.48. The molecular formula is C25H24N4O3S. The highest BCUT2D eigenvalue weighted by Gasteiger charge is 2.22. The number of nitrogens with one attached hydrogen (secondary N) is 1. The summed E-state index contributed by atoms with van der Waals surface area (Å²) in [6.45, 7) is 2.33. The Hall–Kier alpha value is -3.49. The van der Waals surface area contributed by atoms with Crippen LogP contribution in [-0.4, -0.2) is 53.6 Å². The first-order chi connectivity index (χ1) is 16.2. The maximum Gasteiger partial charge on any atom is 0.272 e. The smallest absolute Gasteiger partial charge is 0.272 e. The second kappa shape index (κ2) is 9.56. The number of hydrogen-bond acceptors (Lipinski definition) is 6. The van der Waals surface area contributed by atoms with Crippen molar-refractivity contribution in [2.24, 2.45) is 0 Å². The fraction of sp³-hybridized carbons (Fsp3) is 0.200. The molecular weight excluding hydrogens is 436 g/mol. The molecule has 1 aliphatic rings. The minimum absolute atomic E-state index is 0.0269. The molecule has 0 unspecified atom stereocenters. The predicted molar refractivity (Wildman–Crippen MR) is 130 cm³/mol. The van der Waals surface area contributed by atoms with Crippen molar-refractivity contribution in [1.29, 1.82) is 0 Å². The zero-order valence-corrected chi connectivity index (χ0v) is 19.0. The molecule has 0 bridgehead atoms. The molecule has 0 spiro atoms. The Balaban J connectivity index is 1.45. The number of rotatable bonds is 6. The monoisotopic (exact) mass is 460 g/mol. The van der Waals surface area contributed by atoms with Gasteiger partial charge in [0.05, 0.1) is 31.4 Å². The van der Waals surface area contributed by atoms with Gasteiger partial charge in [-0.3, -0.25) is 9.20 Å². The fourth-order valence-corrected chi connectivity index (χ4v) is 4.60. The largest absolute Gasteiger partial charge is 0.496 e. The van der Waals surface area contributed by atoms with Gasteiger partial charge < -0.3 is 19.1 Å². The highest BCUT2D eigenvalue weighted by molar-refractivity contribution is 8.00. The van der Waals surface area contributed by atoms with Crippen molar-refractivity contribution >= 4 is 29.2 Å². The summed E-state index contributed by atoms with van der Waals surface area (Å²) >= 11 is 1.50. The maximum absolute atomic E-state index is 13.1. The van der Waals surface area contributed by atoms with Crippen molar-refractivity contribution < 1.29 is 14.3 Å². The van der Waals surface area contributed by atoms with E-state index in [9.17, 15) is 4.79 Å². The Kier molecular flexibility index (Phi) is 6.19. The zero-order chi connectivity index (χ0) is 22.6. The van der Waals surface area contributed by atoms with E-state index in [1.54, 1.807) is 13.3 Å². The number of carbonyl (C=O) groups excluding carboxylic acids is 1. The number of pyridine rings is 1. The van der Waals surface area contributed by atoms with E-state index < -0.39 is 0 Å². The van der Waals surface area contributed by atoms with Crippen molar-refractivity contribution in [3.63, 3.8) is 0 Å². The lowest BCUT2D eigenvalue weighted by Gasteiger charge is -2.26. The van der Waals surface area contributed by atoms with Gasteiger partial charge in [0.15, 0.2) is 0 Å². The van der Waals surface area contributed by atoms with E-state index in [-0.39, 0.29) is 5.91 Å². The van der Waals surface area contributed by atoms with Crippen LogP contribution in [-0.2, 0) is 4.74 Å². The van der Waals surface area contributed by atoms with Crippen molar-refractivity contribution in [2.45, 2.75) is 4.90 Å². The molecule has 3 heterocycles. The molecule has 1 amide bonds. The Morgan fingerprint density at radius 3 is 2.64 bits per heavy atom. The van der Waals surface area contributed by atoms with Gasteiger partial charge in [0.1, 0.15) is 17.1 Å². The molecule has 33 heavy (non-hydrogen) atoms. The number of para-hydroxylation sites is 1. The highest BCUT2D eigenvalue weighted by atomic mass is 32.2. The van der Waals surface area contributed by atoms with Crippen molar-refractivity contribution in [3.8, 4) is 16.9 Å². The Labute approximate surface area is 196 Å². The van der Waals surface area contributed by atoms with E-state index in [2.05, 4.69) is 15.8 Å². The lowest BCUT2D eigenvalue weighted by atomic mass is 10.1. The standard InChI is InChI=1S/C25H24N4O3S/c1-31-22-9-7-18(15-23(22)33-27-20-5-3-2-4-6-20)19-8-10-24-26-16-21(29(24)17-19)25(30)28-11-13-32-14-12-28/h2-10,15-17,27H,11-14H2,1H3. The van der Waals surface area contributed by atoms with Gasteiger partial charge in [-0.05, 0) is 59.5 Å². The van der Waals surface area contributed by atoms with Gasteiger partial charge in [0.25, 0.3) is 5.91 Å². The lowest BCUT2D eigenvalue weighted by Crippen LogP contribution is -2.41. The summed E-state index contributed by atoms with van der Waals surface area (Å²) < 4.78 is 16.2. The summed E-state index contributed by atoms with van der Waals surface area (Å²) in [5.41, 5.74) is 4.32. The number of nitrogens with zero attached hydrogens (tertiary/aromatic N) is 3. The summed E-state index contributed by atoms with van der Waals surface area (Å²) in [6, 6.07) is 20.0. The van der Waals surface area contributed by atoms with Crippen LogP contribution in [0.15, 0.2) is 78.0 Å². The molecule has 0 radical (unpaired) electrons. The summed E-state index contributed by atoms with van der Waals surface area (Å²) in [5, 5.41) is 0. The summed E-state index contributed by atoms with van der Waals surface area (Å²) in [7, 11) is 1.67. The van der Waals surface area contributed by atoms with Crippen LogP contribution in [0.3, 0.4) is 0 Å². The third-order valence-corrected chi connectivity index (χ3v) is 6.45. The molecule has 0 aliphatic carbocycles. The molecule has 1 saturated heterocycles. The number of methoxy groups -OCH3 is 1. The molecule has 4 aromatic rings. The van der Waals surface area contributed by atoms with Crippen LogP contribution < -0.4 is 9.46 Å². The minimum Gasteiger partial charge on any atom is -0.496 e. The van der Waals surface area contributed by atoms with E-state index in [4.69, 9.17) is 9.47 Å². The van der Waals surface area contributed by atoms with E-state index in [0.29, 0.717) is 32.0 Å². The first kappa shape index (κ1) is 21.4. The molecule has 168 valence electrons. The van der Waals surface area contributed by atoms with Gasteiger partial charge in [-0.1, -0.05) is 24.3 Å². The average Bonchev–Trinajstić information content (AvgIpc) is 3.31. The van der Waals surface area contributed by atoms with Gasteiger partial charge >= 0.3 is 0 Å². The number of benzene rings is 2. The average molecular weight is 461 g/mol. The number of morpholine rings is 1. The Morgan fingerprint density at radius 1 is 1.06 bits per heavy atom. The number of hydrogen-bond donors (Lipinski definition) is 1. The van der Waals surface area contributed by atoms with Crippen molar-refractivity contribution in [3.05, 3.63) is 78.8 Å². The van der Waals surface area contributed by atoms with Crippen LogP contribution in [0.2, 0.25) is 0 Å². The van der Waals surface area contributed by atoms with Gasteiger partial charge in [-0.2, -0.15) is 0 Å². The molecule has 2 aromatic heterocycles. The molecule has 5 rings (SSSR count). The van der Waals surface area contributed by atoms with E-state index in [0.717, 1.165) is 33.1 Å². The fourth-order valence-electron chi connectivity index (χ4n) is 3.79. The minimum atomic E-state index is -0.0269. The van der Waals surface area contributed by atoms with Gasteiger partial charge in [-0.25, -0.2) is 4.98 Å². The van der Waals surface area contributed by atoms with E-state index in [1.807, 2.05) is 70.1 Å². The molecule has 0 atom stereocenters. The van der Waals surface area contributed by atoms with Crippen LogP contribution in [0, 0.1) is 0 Å². The molecule has 2 aromatic carbocycles. The molecule has 1 fully saturated rings. The SMILES string of the molecule is COc1ccc(-c2ccc3ncc(C(=O)N4CCOCC4)n3c2)cc1SNc1ccccc1. The quantitative estimate of drug-likeness (QED) is 0.424. The zero-order valence-electron chi connectivity index (χ0n) is 18.2. The van der Waals surface area contributed by atoms with Crippen LogP contribution in [0.4, 0.5) is 5.69 Å². The van der Waals surface area contributed by atoms with Crippen LogP contribution in [0.25, 0.3) is 16.8 Å². The molecule has 0 saturated carbocycles. The van der Waals surface area contributed by atoms with Gasteiger partial charge in [0, 0.05) is 25.0 Å². The lowest BCUT2D eigenvalue weighted by molar-refractivity contribution is 0.0298. The molecule has 8 heteroatoms. The number of aromatic nitrogens is 2. The number of amides is 1. The summed E-state index contributed by atoms with van der Waals surface area (Å²) in [4.78, 5) is 20.3. The van der Waals surface area contributed by atoms with Crippen molar-refractivity contribution in [1.82, 2.24) is 14.3 Å². The van der Waals surface area contributed by atoms with E-state index >= 15 is 0 Å². The summed E-state index contributed by atoms with van der Waals surface area (Å²) in [5.74, 6) is 0.764. The third kappa shape index (κ3) is 4.53. The second-order valence-electron chi connectivity index (χ2n) is 7.63. The number of anilines is 1. The Morgan fingerprint density at radius 2 is 1.85 bits per heavy atom. The first-order valence-corrected chi connectivity index (χ1v) is 11.5. The van der Waals surface area contributed by atoms with Crippen LogP contribution in [0.1, 0.15) is 10.5 Å². The van der Waals surface area contributed by atoms with Gasteiger partial charge in [-0.15, -0.1) is 0 Å². The number of ether oxygens (including phenoxy) is 2. The number of fused-ring (bicyclic) bond motifs is 1. The van der Waals surface area contributed by atoms with Crippen LogP contribution >= 0.6 is 11.9 Å². The molecule has 1 N–H and O–H groups in total. The number of carbonyl (C=O) groups is 1. The normalized spacial score (nSPS) is 13.8. The Bertz CT molecular complexity index is 1270. The molecule has 1 aliphatic heterocycles. The molecule has 7 nitrogen and oxygen atoms in total. The van der Waals surface area contributed by atoms with Gasteiger partial charge in [0.2, 0.25) is 0 Å². The maximum atomic E-state index is 13.1. The topological polar surface area (TPSA) is 68.1 Å². The highest BCUT2D eigenvalue weighted by Crippen LogP contribution is 2.34. The third-order valence-electron chi connectivity index (χ3n) is 5.57. The predicted octanol–water partition coefficient (Wildman–Crippen LogP) is 4.60. The first-order valence-electron chi connectivity index (χ1n) is 10.7. The number of imidazole rings is 1. The summed E-state index contributed by atoms with van der Waals surface area (Å²) in [6.07, 6.45) is 3.62. The van der Waals surface area contributed by atoms with Crippen molar-refractivity contribution in [2.75, 3.05) is 38.1 Å².